The number of nitrogens with zero attached hydrogens (tertiary/aromatic N) is 1. The number of anilines is 3. The van der Waals surface area contributed by atoms with E-state index in [9.17, 15) is 0 Å². The smallest absolute Gasteiger partial charge is 0.143 e. The van der Waals surface area contributed by atoms with E-state index >= 15 is 0 Å². The van der Waals surface area contributed by atoms with Gasteiger partial charge in [0.25, 0.3) is 0 Å². The third-order valence-electron chi connectivity index (χ3n) is 9.25. The summed E-state index contributed by atoms with van der Waals surface area (Å²) >= 11 is 0. The zero-order valence-electron chi connectivity index (χ0n) is 26.3. The van der Waals surface area contributed by atoms with E-state index in [1.54, 1.807) is 0 Å². The number of hydrogen-bond donors (Lipinski definition) is 0. The minimum Gasteiger partial charge on any atom is -0.455 e. The van der Waals surface area contributed by atoms with Gasteiger partial charge in [-0.2, -0.15) is 0 Å². The third kappa shape index (κ3) is 4.92. The zero-order chi connectivity index (χ0) is 31.9. The molecule has 0 aliphatic rings. The molecule has 0 unspecified atom stereocenters. The summed E-state index contributed by atoms with van der Waals surface area (Å²) in [7, 11) is 0. The van der Waals surface area contributed by atoms with E-state index in [2.05, 4.69) is 193 Å². The SMILES string of the molecule is c1ccc(-c2ccc(N(c3ccccc3)c3ccc(-c4ccc5c(c4)oc4c(-c6ccccc6)c6ccccc6cc45)cc3)cc2)cc1. The number of furan rings is 1. The van der Waals surface area contributed by atoms with Crippen LogP contribution in [0.2, 0.25) is 0 Å². The molecule has 0 amide bonds. The van der Waals surface area contributed by atoms with E-state index in [4.69, 9.17) is 4.42 Å². The fourth-order valence-corrected chi connectivity index (χ4v) is 6.91. The molecule has 0 saturated heterocycles. The highest BCUT2D eigenvalue weighted by molar-refractivity contribution is 6.18. The second-order valence-electron chi connectivity index (χ2n) is 12.2. The first kappa shape index (κ1) is 27.9. The second kappa shape index (κ2) is 11.8. The van der Waals surface area contributed by atoms with Gasteiger partial charge in [-0.15, -0.1) is 0 Å². The quantitative estimate of drug-likeness (QED) is 0.185. The van der Waals surface area contributed by atoms with Crippen LogP contribution in [0, 0.1) is 0 Å². The van der Waals surface area contributed by atoms with Crippen molar-refractivity contribution in [1.82, 2.24) is 0 Å². The van der Waals surface area contributed by atoms with Crippen molar-refractivity contribution < 1.29 is 4.42 Å². The number of benzene rings is 8. The lowest BCUT2D eigenvalue weighted by Crippen LogP contribution is -2.09. The maximum atomic E-state index is 6.72. The van der Waals surface area contributed by atoms with E-state index in [1.807, 2.05) is 0 Å². The van der Waals surface area contributed by atoms with Crippen molar-refractivity contribution in [2.75, 3.05) is 4.90 Å². The van der Waals surface area contributed by atoms with Crippen LogP contribution >= 0.6 is 0 Å². The lowest BCUT2D eigenvalue weighted by Gasteiger charge is -2.26. The lowest BCUT2D eigenvalue weighted by molar-refractivity contribution is 0.670. The predicted octanol–water partition coefficient (Wildman–Crippen LogP) is 13.2. The summed E-state index contributed by atoms with van der Waals surface area (Å²) in [6.07, 6.45) is 0. The van der Waals surface area contributed by atoms with Gasteiger partial charge in [0, 0.05) is 33.4 Å². The van der Waals surface area contributed by atoms with Crippen LogP contribution in [0.15, 0.2) is 192 Å². The first-order valence-corrected chi connectivity index (χ1v) is 16.3. The molecule has 0 radical (unpaired) electrons. The second-order valence-corrected chi connectivity index (χ2v) is 12.2. The van der Waals surface area contributed by atoms with Crippen molar-refractivity contribution >= 4 is 49.8 Å². The van der Waals surface area contributed by atoms with Crippen LogP contribution in [0.25, 0.3) is 66.1 Å². The molecule has 1 heterocycles. The minimum atomic E-state index is 0.892. The van der Waals surface area contributed by atoms with E-state index in [0.29, 0.717) is 0 Å². The van der Waals surface area contributed by atoms with Gasteiger partial charge in [-0.1, -0.05) is 133 Å². The molecule has 0 saturated carbocycles. The molecule has 48 heavy (non-hydrogen) atoms. The summed E-state index contributed by atoms with van der Waals surface area (Å²) < 4.78 is 6.72. The van der Waals surface area contributed by atoms with Gasteiger partial charge in [0.2, 0.25) is 0 Å². The summed E-state index contributed by atoms with van der Waals surface area (Å²) in [6.45, 7) is 0. The topological polar surface area (TPSA) is 16.4 Å². The lowest BCUT2D eigenvalue weighted by atomic mass is 9.95. The van der Waals surface area contributed by atoms with Crippen LogP contribution in [-0.2, 0) is 0 Å². The highest BCUT2D eigenvalue weighted by Crippen LogP contribution is 2.42. The fraction of sp³-hybridized carbons (Fsp3) is 0. The number of rotatable bonds is 6. The van der Waals surface area contributed by atoms with Crippen molar-refractivity contribution in [1.29, 1.82) is 0 Å². The Labute approximate surface area is 279 Å². The summed E-state index contributed by atoms with van der Waals surface area (Å²) in [5, 5.41) is 4.68. The maximum absolute atomic E-state index is 6.72. The van der Waals surface area contributed by atoms with Gasteiger partial charge in [-0.3, -0.25) is 0 Å². The first-order valence-electron chi connectivity index (χ1n) is 16.3. The Bertz CT molecular complexity index is 2520. The number of fused-ring (bicyclic) bond motifs is 4. The molecule has 8 aromatic carbocycles. The van der Waals surface area contributed by atoms with Crippen LogP contribution in [0.5, 0.6) is 0 Å². The molecule has 2 nitrogen and oxygen atoms in total. The maximum Gasteiger partial charge on any atom is 0.143 e. The minimum absolute atomic E-state index is 0.892. The van der Waals surface area contributed by atoms with Gasteiger partial charge in [-0.25, -0.2) is 0 Å². The molecule has 0 N–H and O–H groups in total. The van der Waals surface area contributed by atoms with Crippen LogP contribution in [0.4, 0.5) is 17.1 Å². The van der Waals surface area contributed by atoms with Crippen molar-refractivity contribution in [2.45, 2.75) is 0 Å². The highest BCUT2D eigenvalue weighted by Gasteiger charge is 2.17. The highest BCUT2D eigenvalue weighted by atomic mass is 16.3. The van der Waals surface area contributed by atoms with E-state index in [0.717, 1.165) is 61.3 Å². The van der Waals surface area contributed by atoms with Gasteiger partial charge in [0.05, 0.1) is 0 Å². The molecule has 0 aliphatic carbocycles. The Morgan fingerprint density at radius 1 is 0.333 bits per heavy atom. The molecule has 0 fully saturated rings. The summed E-state index contributed by atoms with van der Waals surface area (Å²) in [5.41, 5.74) is 12.1. The van der Waals surface area contributed by atoms with Gasteiger partial charge >= 0.3 is 0 Å². The molecule has 9 rings (SSSR count). The molecule has 0 spiro atoms. The van der Waals surface area contributed by atoms with E-state index in [-0.39, 0.29) is 0 Å². The standard InChI is InChI=1S/C46H31NO/c1-4-12-32(13-5-1)33-20-25-39(26-21-33)47(38-17-8-3-9-18-38)40-27-22-34(23-28-40)36-24-29-42-43-30-37-16-10-11-19-41(37)45(35-14-6-2-7-15-35)46(43)48-44(42)31-36/h1-31H. The molecule has 1 aromatic heterocycles. The van der Waals surface area contributed by atoms with E-state index in [1.165, 1.54) is 21.9 Å². The summed E-state index contributed by atoms with van der Waals surface area (Å²) in [6, 6.07) is 66.7. The van der Waals surface area contributed by atoms with Gasteiger partial charge in [0.15, 0.2) is 0 Å². The van der Waals surface area contributed by atoms with Crippen LogP contribution < -0.4 is 4.90 Å². The largest absolute Gasteiger partial charge is 0.455 e. The molecule has 2 heteroatoms. The zero-order valence-corrected chi connectivity index (χ0v) is 26.3. The molecule has 0 aliphatic heterocycles. The molecule has 9 aromatic rings. The Hall–Kier alpha value is -6.38. The first-order chi connectivity index (χ1) is 23.8. The molecular formula is C46H31NO. The van der Waals surface area contributed by atoms with Crippen molar-refractivity contribution in [3.8, 4) is 33.4 Å². The summed E-state index contributed by atoms with van der Waals surface area (Å²) in [5.74, 6) is 0. The fourth-order valence-electron chi connectivity index (χ4n) is 6.91. The van der Waals surface area contributed by atoms with Crippen LogP contribution in [0.1, 0.15) is 0 Å². The Morgan fingerprint density at radius 2 is 0.833 bits per heavy atom. The average Bonchev–Trinajstić information content (AvgIpc) is 3.53. The van der Waals surface area contributed by atoms with Crippen LogP contribution in [-0.4, -0.2) is 0 Å². The average molecular weight is 614 g/mol. The van der Waals surface area contributed by atoms with E-state index < -0.39 is 0 Å². The number of hydrogen-bond acceptors (Lipinski definition) is 2. The van der Waals surface area contributed by atoms with Gasteiger partial charge < -0.3 is 9.32 Å². The van der Waals surface area contributed by atoms with Crippen molar-refractivity contribution in [3.63, 3.8) is 0 Å². The Kier molecular flexibility index (Phi) is 6.84. The Balaban J connectivity index is 1.10. The Morgan fingerprint density at radius 3 is 1.50 bits per heavy atom. The van der Waals surface area contributed by atoms with Gasteiger partial charge in [0.1, 0.15) is 11.2 Å². The van der Waals surface area contributed by atoms with Crippen molar-refractivity contribution in [2.24, 2.45) is 0 Å². The predicted molar refractivity (Wildman–Crippen MR) is 202 cm³/mol. The van der Waals surface area contributed by atoms with Gasteiger partial charge in [-0.05, 0) is 93.2 Å². The molecule has 0 bridgehead atoms. The molecule has 226 valence electrons. The molecule has 0 atom stereocenters. The summed E-state index contributed by atoms with van der Waals surface area (Å²) in [4.78, 5) is 2.30. The normalized spacial score (nSPS) is 11.3. The van der Waals surface area contributed by atoms with Crippen LogP contribution in [0.3, 0.4) is 0 Å². The molecular weight excluding hydrogens is 583 g/mol. The third-order valence-corrected chi connectivity index (χ3v) is 9.25. The van der Waals surface area contributed by atoms with Crippen molar-refractivity contribution in [3.05, 3.63) is 188 Å². The monoisotopic (exact) mass is 613 g/mol. The number of para-hydroxylation sites is 1.